The number of aliphatic imine (C=N–C) groups is 2. The number of guanidine groups is 2. The number of nitriles is 2. The van der Waals surface area contributed by atoms with Crippen LogP contribution < -0.4 is 36.6 Å². The minimum Gasteiger partial charge on any atom is -0.493 e. The van der Waals surface area contributed by atoms with Gasteiger partial charge in [-0.25, -0.2) is 28.9 Å². The number of amides is 7. The summed E-state index contributed by atoms with van der Waals surface area (Å²) >= 11 is 40.5. The van der Waals surface area contributed by atoms with Crippen LogP contribution in [0.4, 0.5) is 0 Å². The van der Waals surface area contributed by atoms with Crippen LogP contribution in [0, 0.1) is 22.9 Å². The maximum Gasteiger partial charge on any atom is 0.328 e. The SMILES string of the molecule is N#CNC(=NC[C@H](NC(=O)c1c(Cl)cc2c(c1Cl)CCN(C(=O)c1cc3ccccc3o1)C2)C(=O)O)N1CCCC1.N#CNC(=NC[C@H](NC(=O)c1c(Cl)cc2c(c1Cl)CCN(C(=O)c1cc3ccccn3n1)C2)C(=O)O)N1CCCC1.O=C(NC[C@H](NC(=O)c1c(Cl)cc2c(c1Cl)CCN(C(=O)c1ccc3c(c1)OCC3)C2)C(=O)O)c1cccs1. The zero-order chi connectivity index (χ0) is 85.9. The Labute approximate surface area is 724 Å². The van der Waals surface area contributed by atoms with Gasteiger partial charge in [-0.05, 0) is 156 Å². The Morgan fingerprint density at radius 2 is 1.00 bits per heavy atom. The van der Waals surface area contributed by atoms with Gasteiger partial charge in [0.15, 0.2) is 23.8 Å². The van der Waals surface area contributed by atoms with Crippen molar-refractivity contribution in [2.45, 2.75) is 89.1 Å². The lowest BCUT2D eigenvalue weighted by atomic mass is 9.95. The van der Waals surface area contributed by atoms with Gasteiger partial charge >= 0.3 is 17.9 Å². The van der Waals surface area contributed by atoms with Crippen LogP contribution in [-0.4, -0.2) is 211 Å². The van der Waals surface area contributed by atoms with Gasteiger partial charge in [0.25, 0.3) is 41.4 Å². The molecule has 0 radical (unpaired) electrons. The third-order valence-corrected chi connectivity index (χ3v) is 24.0. The number of para-hydroxylation sites is 1. The van der Waals surface area contributed by atoms with Crippen molar-refractivity contribution < 1.29 is 72.4 Å². The van der Waals surface area contributed by atoms with Gasteiger partial charge < -0.3 is 70.2 Å². The number of nitrogens with one attached hydrogen (secondary N) is 6. The molecule has 10 heterocycles. The average molecular weight is 1780 g/mol. The van der Waals surface area contributed by atoms with Crippen molar-refractivity contribution in [3.05, 3.63) is 222 Å². The molecule has 6 aliphatic rings. The molecule has 626 valence electrons. The summed E-state index contributed by atoms with van der Waals surface area (Å²) < 4.78 is 12.9. The molecule has 0 saturated carbocycles. The normalized spacial score (nSPS) is 15.4. The predicted molar refractivity (Wildman–Crippen MR) is 449 cm³/mol. The Hall–Kier alpha value is -12.2. The van der Waals surface area contributed by atoms with Gasteiger partial charge in [0.1, 0.15) is 29.5 Å². The Morgan fingerprint density at radius 3 is 1.48 bits per heavy atom. The summed E-state index contributed by atoms with van der Waals surface area (Å²) in [4.78, 5) is 144. The van der Waals surface area contributed by atoms with Crippen molar-refractivity contribution in [2.75, 3.05) is 72.1 Å². The third-order valence-electron chi connectivity index (χ3n) is 20.9. The van der Waals surface area contributed by atoms with Gasteiger partial charge in [-0.2, -0.15) is 15.6 Å². The van der Waals surface area contributed by atoms with Gasteiger partial charge in [-0.1, -0.05) is 106 Å². The summed E-state index contributed by atoms with van der Waals surface area (Å²) in [7, 11) is 0. The molecule has 0 aliphatic carbocycles. The fourth-order valence-corrected chi connectivity index (χ4v) is 17.7. The van der Waals surface area contributed by atoms with Crippen LogP contribution in [0.3, 0.4) is 0 Å². The maximum absolute atomic E-state index is 13.2. The number of furan rings is 1. The van der Waals surface area contributed by atoms with E-state index in [4.69, 9.17) is 89.3 Å². The van der Waals surface area contributed by atoms with E-state index < -0.39 is 59.7 Å². The highest BCUT2D eigenvalue weighted by Gasteiger charge is 2.36. The van der Waals surface area contributed by atoms with Crippen LogP contribution in [0.5, 0.6) is 5.75 Å². The summed E-state index contributed by atoms with van der Waals surface area (Å²) in [5, 5.41) is 69.3. The van der Waals surface area contributed by atoms with Crippen LogP contribution in [0.25, 0.3) is 16.5 Å². The number of hydrogen-bond acceptors (Lipinski definition) is 18. The molecule has 0 unspecified atom stereocenters. The largest absolute Gasteiger partial charge is 0.493 e. The highest BCUT2D eigenvalue weighted by atomic mass is 35.5. The zero-order valence-corrected chi connectivity index (χ0v) is 69.4. The molecular weight excluding hydrogens is 1710 g/mol. The number of nitrogens with zero attached hydrogens (tertiary/aromatic N) is 11. The highest BCUT2D eigenvalue weighted by molar-refractivity contribution is 7.12. The lowest BCUT2D eigenvalue weighted by Crippen LogP contribution is -2.48. The Morgan fingerprint density at radius 1 is 0.512 bits per heavy atom. The van der Waals surface area contributed by atoms with E-state index in [9.17, 15) is 63.3 Å². The van der Waals surface area contributed by atoms with E-state index in [1.807, 2.05) is 64.7 Å². The number of rotatable bonds is 19. The smallest absolute Gasteiger partial charge is 0.328 e. The molecule has 2 saturated heterocycles. The van der Waals surface area contributed by atoms with Crippen LogP contribution in [0.2, 0.25) is 30.1 Å². The monoisotopic (exact) mass is 1780 g/mol. The van der Waals surface area contributed by atoms with E-state index in [0.717, 1.165) is 54.3 Å². The Balaban J connectivity index is 0.000000157. The lowest BCUT2D eigenvalue weighted by molar-refractivity contribution is -0.139. The molecule has 2 fully saturated rings. The van der Waals surface area contributed by atoms with Crippen molar-refractivity contribution in [3.8, 4) is 18.1 Å². The van der Waals surface area contributed by atoms with Gasteiger partial charge in [-0.15, -0.1) is 11.3 Å². The second-order valence-electron chi connectivity index (χ2n) is 28.6. The second-order valence-corrected chi connectivity index (χ2v) is 31.9. The number of benzene rings is 5. The molecule has 32 nitrogen and oxygen atoms in total. The highest BCUT2D eigenvalue weighted by Crippen LogP contribution is 2.40. The molecule has 5 aromatic carbocycles. The first-order valence-corrected chi connectivity index (χ1v) is 41.3. The molecule has 3 atom stereocenters. The third kappa shape index (κ3) is 20.0. The van der Waals surface area contributed by atoms with Crippen molar-refractivity contribution in [1.29, 1.82) is 10.5 Å². The molecule has 15 rings (SSSR count). The molecule has 6 aliphatic heterocycles. The quantitative estimate of drug-likeness (QED) is 0.0157. The fraction of sp³-hybridized carbons (Fsp3) is 0.305. The zero-order valence-electron chi connectivity index (χ0n) is 64.1. The lowest BCUT2D eigenvalue weighted by Gasteiger charge is -2.30. The number of hydrogen-bond donors (Lipinski definition) is 9. The molecule has 0 bridgehead atoms. The van der Waals surface area contributed by atoms with Crippen molar-refractivity contribution in [3.63, 3.8) is 0 Å². The predicted octanol–water partition coefficient (Wildman–Crippen LogP) is 9.99. The molecule has 4 aromatic heterocycles. The van der Waals surface area contributed by atoms with E-state index in [-0.39, 0.29) is 121 Å². The van der Waals surface area contributed by atoms with Crippen LogP contribution in [0.15, 0.2) is 129 Å². The maximum atomic E-state index is 13.2. The van der Waals surface area contributed by atoms with Gasteiger partial charge in [0.2, 0.25) is 11.9 Å². The number of carboxylic acids is 3. The Bertz CT molecular complexity index is 5460. The number of thiophene rings is 1. The minimum absolute atomic E-state index is 0.0285. The van der Waals surface area contributed by atoms with Crippen LogP contribution in [0.1, 0.15) is 137 Å². The number of carboxylic acid groups (broad SMARTS) is 3. The summed E-state index contributed by atoms with van der Waals surface area (Å²) in [5.74, 6) is -5.86. The van der Waals surface area contributed by atoms with Crippen molar-refractivity contribution in [2.24, 2.45) is 9.98 Å². The molecule has 121 heavy (non-hydrogen) atoms. The first kappa shape index (κ1) is 86.6. The number of carbonyl (C=O) groups excluding carboxylic acids is 7. The number of pyridine rings is 1. The van der Waals surface area contributed by atoms with E-state index >= 15 is 0 Å². The molecule has 0 spiro atoms. The van der Waals surface area contributed by atoms with E-state index in [0.29, 0.717) is 127 Å². The van der Waals surface area contributed by atoms with Crippen molar-refractivity contribution in [1.82, 2.24) is 66.0 Å². The number of halogens is 6. The van der Waals surface area contributed by atoms with Crippen LogP contribution in [-0.2, 0) is 59.7 Å². The minimum atomic E-state index is -1.41. The molecule has 9 aromatic rings. The number of aliphatic carboxylic acids is 3. The second kappa shape index (κ2) is 38.9. The molecule has 39 heteroatoms. The summed E-state index contributed by atoms with van der Waals surface area (Å²) in [6.07, 6.45) is 11.1. The number of aromatic nitrogens is 2. The van der Waals surface area contributed by atoms with Gasteiger partial charge in [-0.3, -0.25) is 44.2 Å². The topological polar surface area (TPSA) is 432 Å². The molecular formula is C82H75Cl6N17O15S. The summed E-state index contributed by atoms with van der Waals surface area (Å²) in [6.45, 7) is 4.18. The number of carbonyl (C=O) groups is 10. The number of likely N-dealkylation sites (tertiary alicyclic amines) is 2. The first-order chi connectivity index (χ1) is 58.2. The first-order valence-electron chi connectivity index (χ1n) is 38.1. The summed E-state index contributed by atoms with van der Waals surface area (Å²) in [6, 6.07) is 25.6. The van der Waals surface area contributed by atoms with Crippen molar-refractivity contribution >= 4 is 169 Å². The molecule has 7 amide bonds. The van der Waals surface area contributed by atoms with Gasteiger partial charge in [0, 0.05) is 95.6 Å². The van der Waals surface area contributed by atoms with E-state index in [2.05, 4.69) is 47.0 Å². The Kier molecular flexibility index (Phi) is 27.8. The number of fused-ring (bicyclic) bond motifs is 6. The van der Waals surface area contributed by atoms with E-state index in [1.54, 1.807) is 91.5 Å². The number of ether oxygens (including phenoxy) is 1. The average Bonchev–Trinajstić information content (AvgIpc) is 1.37. The molecule has 9 N–H and O–H groups in total. The fourth-order valence-electron chi connectivity index (χ4n) is 14.7. The summed E-state index contributed by atoms with van der Waals surface area (Å²) in [5.41, 5.74) is 7.27. The van der Waals surface area contributed by atoms with Gasteiger partial charge in [0.05, 0.1) is 76.9 Å². The standard InChI is InChI=1S/C28H26Cl2N6O5.C27H26Cl2N8O4.C27H23Cl2N3O6S/c29-19-11-17-14-36(26(38)22-12-16-5-1-2-6-21(16)41-22)10-7-18(17)24(30)23(19)25(37)34-20(27(39)40)13-32-28(33-15-31)35-8-3-4-9-35;28-19-11-16-14-36(25(39)20-12-17-5-1-2-9-37(17)34-20)10-6-18(16)23(29)22(19)24(38)33-21(26(40)41)13-31-27(32-15-30)35-7-3-4-8-35;28-18-10-16-13-32(26(35)15-4-3-14-6-8-38-20(14)11-15)7-5-17(16)23(29)22(18)25(34)31-19(27(36)37)12-30-24(33)21-2-1-9-39-21/h1-2,5-6,11-12,20H,3-4,7-10,13-14H2,(H,32,33)(H,34,37)(H,39,40);1-2,5,9,11-12,21H,3-4,6-8,10,13-14H2,(H,31,32)(H,33,38)(H,40,41);1-4,9-11,19H,5-8,12-13H2,(H,30,33)(H,31,34)(H,36,37)/t20-;21-;19-/m000/s1. The van der Waals surface area contributed by atoms with Crippen LogP contribution >= 0.6 is 80.9 Å². The van der Waals surface area contributed by atoms with E-state index in [1.165, 1.54) is 11.3 Å².